The highest BCUT2D eigenvalue weighted by Gasteiger charge is 2.90. The van der Waals surface area contributed by atoms with Crippen LogP contribution in [-0.2, 0) is 19.7 Å². The van der Waals surface area contributed by atoms with Crippen LogP contribution in [0, 0.1) is 11.3 Å². The summed E-state index contributed by atoms with van der Waals surface area (Å²) in [4.78, 5) is 18.5. The van der Waals surface area contributed by atoms with E-state index in [9.17, 15) is 4.79 Å². The van der Waals surface area contributed by atoms with Gasteiger partial charge in [0.2, 0.25) is 0 Å². The molecule has 4 fully saturated rings. The molecule has 6 rings (SSSR count). The fraction of sp³-hybridized carbons (Fsp3) is 0.591. The predicted molar refractivity (Wildman–Crippen MR) is 101 cm³/mol. The molecule has 5 unspecified atom stereocenters. The van der Waals surface area contributed by atoms with Crippen LogP contribution >= 0.6 is 0 Å². The second kappa shape index (κ2) is 4.76. The highest BCUT2D eigenvalue weighted by atomic mass is 16.6. The van der Waals surface area contributed by atoms with E-state index in [-0.39, 0.29) is 23.3 Å². The molecule has 5 nitrogen and oxygen atoms in total. The Morgan fingerprint density at radius 3 is 2.93 bits per heavy atom. The van der Waals surface area contributed by atoms with Crippen molar-refractivity contribution in [2.45, 2.75) is 36.9 Å². The van der Waals surface area contributed by atoms with Crippen molar-refractivity contribution in [3.63, 3.8) is 0 Å². The van der Waals surface area contributed by atoms with E-state index in [2.05, 4.69) is 54.1 Å². The number of benzene rings is 1. The van der Waals surface area contributed by atoms with Gasteiger partial charge in [0.15, 0.2) is 5.72 Å². The number of methoxy groups -OCH3 is 1. The highest BCUT2D eigenvalue weighted by Crippen LogP contribution is 2.79. The quantitative estimate of drug-likeness (QED) is 0.564. The lowest BCUT2D eigenvalue weighted by Crippen LogP contribution is -2.69. The minimum Gasteiger partial charge on any atom is -0.468 e. The first kappa shape index (κ1) is 16.1. The van der Waals surface area contributed by atoms with Gasteiger partial charge >= 0.3 is 5.97 Å². The Balaban J connectivity index is 1.75. The predicted octanol–water partition coefficient (Wildman–Crippen LogP) is 2.31. The topological polar surface area (TPSA) is 42.0 Å². The van der Waals surface area contributed by atoms with Crippen molar-refractivity contribution in [3.8, 4) is 0 Å². The van der Waals surface area contributed by atoms with Gasteiger partial charge in [0.25, 0.3) is 0 Å². The fourth-order valence-corrected chi connectivity index (χ4v) is 7.81. The zero-order valence-corrected chi connectivity index (χ0v) is 16.2. The third-order valence-electron chi connectivity index (χ3n) is 8.54. The van der Waals surface area contributed by atoms with E-state index in [0.29, 0.717) is 6.61 Å². The van der Waals surface area contributed by atoms with Crippen LogP contribution in [0.4, 0.5) is 5.69 Å². The molecule has 4 heterocycles. The van der Waals surface area contributed by atoms with Crippen molar-refractivity contribution in [3.05, 3.63) is 41.5 Å². The molecule has 3 saturated heterocycles. The zero-order valence-electron chi connectivity index (χ0n) is 16.2. The maximum atomic E-state index is 13.6. The third kappa shape index (κ3) is 1.31. The number of allylic oxidation sites excluding steroid dienone is 1. The van der Waals surface area contributed by atoms with Gasteiger partial charge in [0.1, 0.15) is 5.41 Å². The molecule has 1 saturated carbocycles. The average molecular weight is 366 g/mol. The summed E-state index contributed by atoms with van der Waals surface area (Å²) in [5, 5.41) is 0. The first-order chi connectivity index (χ1) is 13.1. The number of carbonyl (C=O) groups is 1. The van der Waals surface area contributed by atoms with Crippen molar-refractivity contribution in [2.24, 2.45) is 11.3 Å². The number of hydrogen-bond acceptors (Lipinski definition) is 5. The molecule has 0 aromatic heterocycles. The number of esters is 1. The molecule has 0 amide bonds. The number of ether oxygens (including phenoxy) is 2. The van der Waals surface area contributed by atoms with Gasteiger partial charge in [-0.25, -0.2) is 0 Å². The molecule has 27 heavy (non-hydrogen) atoms. The monoisotopic (exact) mass is 366 g/mol. The molecule has 5 heteroatoms. The fourth-order valence-electron chi connectivity index (χ4n) is 7.81. The Bertz CT molecular complexity index is 897. The molecular weight excluding hydrogens is 340 g/mol. The maximum absolute atomic E-state index is 13.6. The van der Waals surface area contributed by atoms with Gasteiger partial charge in [-0.15, -0.1) is 0 Å². The molecule has 4 bridgehead atoms. The van der Waals surface area contributed by atoms with Crippen LogP contribution < -0.4 is 4.90 Å². The SMILES string of the molecule is CC=C1CCN2CCC34c5ccccc5N(C)C35OCC4(C(=O)OC)C1C25. The Labute approximate surface area is 159 Å². The first-order valence-corrected chi connectivity index (χ1v) is 10.0. The average Bonchev–Trinajstić information content (AvgIpc) is 3.22. The summed E-state index contributed by atoms with van der Waals surface area (Å²) < 4.78 is 12.2. The number of nitrogens with zero attached hydrogens (tertiary/aromatic N) is 2. The van der Waals surface area contributed by atoms with E-state index in [0.717, 1.165) is 25.9 Å². The number of piperidine rings is 2. The van der Waals surface area contributed by atoms with E-state index in [1.807, 2.05) is 0 Å². The largest absolute Gasteiger partial charge is 0.468 e. The Kier molecular flexibility index (Phi) is 2.84. The van der Waals surface area contributed by atoms with Crippen molar-refractivity contribution in [2.75, 3.05) is 38.8 Å². The molecule has 5 atom stereocenters. The molecule has 5 aliphatic rings. The molecule has 4 aliphatic heterocycles. The Morgan fingerprint density at radius 2 is 2.15 bits per heavy atom. The number of para-hydroxylation sites is 1. The van der Waals surface area contributed by atoms with Crippen molar-refractivity contribution >= 4 is 11.7 Å². The van der Waals surface area contributed by atoms with Crippen LogP contribution in [0.15, 0.2) is 35.9 Å². The van der Waals surface area contributed by atoms with E-state index >= 15 is 0 Å². The minimum atomic E-state index is -0.649. The van der Waals surface area contributed by atoms with Crippen LogP contribution in [0.5, 0.6) is 0 Å². The standard InChI is InChI=1S/C22H26N2O3/c1-4-14-9-11-24-12-10-21-15-7-5-6-8-16(15)23(2)22(21)18(24)17(14)20(21,13-27-22)19(25)26-3/h4-8,17-18H,9-13H2,1-3H3. The molecular formula is C22H26N2O3. The van der Waals surface area contributed by atoms with Gasteiger partial charge in [0.05, 0.1) is 25.2 Å². The third-order valence-corrected chi connectivity index (χ3v) is 8.54. The number of likely N-dealkylation sites (N-methyl/N-ethyl adjacent to an activating group) is 1. The summed E-state index contributed by atoms with van der Waals surface area (Å²) in [6, 6.07) is 8.79. The van der Waals surface area contributed by atoms with Crippen LogP contribution in [0.1, 0.15) is 25.3 Å². The zero-order chi connectivity index (χ0) is 18.6. The van der Waals surface area contributed by atoms with E-state index in [4.69, 9.17) is 9.47 Å². The Morgan fingerprint density at radius 1 is 1.33 bits per heavy atom. The Hall–Kier alpha value is -1.85. The second-order valence-electron chi connectivity index (χ2n) is 8.75. The number of anilines is 1. The smallest absolute Gasteiger partial charge is 0.315 e. The maximum Gasteiger partial charge on any atom is 0.315 e. The summed E-state index contributed by atoms with van der Waals surface area (Å²) in [5.74, 6) is 0.0702. The van der Waals surface area contributed by atoms with Gasteiger partial charge in [-0.2, -0.15) is 0 Å². The normalized spacial score (nSPS) is 45.1. The van der Waals surface area contributed by atoms with Crippen LogP contribution in [-0.4, -0.2) is 56.5 Å². The van der Waals surface area contributed by atoms with E-state index in [1.54, 1.807) is 0 Å². The number of hydrogen-bond donors (Lipinski definition) is 0. The molecule has 0 radical (unpaired) electrons. The van der Waals surface area contributed by atoms with Crippen LogP contribution in [0.3, 0.4) is 0 Å². The summed E-state index contributed by atoms with van der Waals surface area (Å²) in [6.45, 7) is 4.63. The van der Waals surface area contributed by atoms with Crippen LogP contribution in [0.2, 0.25) is 0 Å². The van der Waals surface area contributed by atoms with Gasteiger partial charge < -0.3 is 14.4 Å². The van der Waals surface area contributed by atoms with E-state index in [1.165, 1.54) is 23.9 Å². The molecule has 1 aromatic carbocycles. The minimum absolute atomic E-state index is 0.0925. The lowest BCUT2D eigenvalue weighted by molar-refractivity contribution is -0.164. The first-order valence-electron chi connectivity index (χ1n) is 10.0. The molecule has 1 aromatic rings. The van der Waals surface area contributed by atoms with Crippen LogP contribution in [0.25, 0.3) is 0 Å². The second-order valence-corrected chi connectivity index (χ2v) is 8.75. The number of carbonyl (C=O) groups excluding carboxylic acids is 1. The lowest BCUT2D eigenvalue weighted by Gasteiger charge is -2.55. The van der Waals surface area contributed by atoms with E-state index < -0.39 is 11.1 Å². The van der Waals surface area contributed by atoms with Crippen molar-refractivity contribution < 1.29 is 14.3 Å². The highest BCUT2D eigenvalue weighted by molar-refractivity contribution is 5.88. The van der Waals surface area contributed by atoms with Crippen molar-refractivity contribution in [1.29, 1.82) is 0 Å². The summed E-state index contributed by atoms with van der Waals surface area (Å²) in [7, 11) is 3.69. The summed E-state index contributed by atoms with van der Waals surface area (Å²) in [5.41, 5.74) is 2.42. The van der Waals surface area contributed by atoms with Gasteiger partial charge in [-0.3, -0.25) is 9.69 Å². The molecule has 1 aliphatic carbocycles. The van der Waals surface area contributed by atoms with Gasteiger partial charge in [-0.1, -0.05) is 29.8 Å². The number of fused-ring (bicyclic) bond motifs is 2. The van der Waals surface area contributed by atoms with Gasteiger partial charge in [0, 0.05) is 25.2 Å². The molecule has 0 N–H and O–H groups in total. The van der Waals surface area contributed by atoms with Crippen molar-refractivity contribution in [1.82, 2.24) is 4.90 Å². The van der Waals surface area contributed by atoms with Gasteiger partial charge in [-0.05, 0) is 37.9 Å². The lowest BCUT2D eigenvalue weighted by atomic mass is 9.57. The number of rotatable bonds is 1. The summed E-state index contributed by atoms with van der Waals surface area (Å²) in [6.07, 6.45) is 4.22. The molecule has 142 valence electrons. The molecule has 0 spiro atoms. The summed E-state index contributed by atoms with van der Waals surface area (Å²) >= 11 is 0.